The van der Waals surface area contributed by atoms with Gasteiger partial charge in [0.15, 0.2) is 16.4 Å². The molecule has 138 valence electrons. The summed E-state index contributed by atoms with van der Waals surface area (Å²) < 4.78 is 23.9. The van der Waals surface area contributed by atoms with E-state index in [4.69, 9.17) is 0 Å². The molecule has 2 aliphatic rings. The van der Waals surface area contributed by atoms with Gasteiger partial charge in [0.1, 0.15) is 6.04 Å². The lowest BCUT2D eigenvalue weighted by Crippen LogP contribution is -3.14. The van der Waals surface area contributed by atoms with Crippen LogP contribution >= 0.6 is 11.3 Å². The second-order valence-corrected chi connectivity index (χ2v) is 10.3. The summed E-state index contributed by atoms with van der Waals surface area (Å²) in [5, 5.41) is 4.98. The van der Waals surface area contributed by atoms with Crippen LogP contribution in [0.1, 0.15) is 29.3 Å². The van der Waals surface area contributed by atoms with Crippen LogP contribution in [0.4, 0.5) is 5.69 Å². The Hall–Kier alpha value is -1.70. The zero-order chi connectivity index (χ0) is 18.3. The molecule has 1 aliphatic carbocycles. The van der Waals surface area contributed by atoms with Crippen molar-refractivity contribution < 1.29 is 18.1 Å². The highest BCUT2D eigenvalue weighted by atomic mass is 32.2. The molecule has 1 aromatic carbocycles. The number of fused-ring (bicyclic) bond motifs is 1. The summed E-state index contributed by atoms with van der Waals surface area (Å²) in [5.41, 5.74) is 1.79. The Kier molecular flexibility index (Phi) is 4.62. The van der Waals surface area contributed by atoms with Crippen LogP contribution < -0.4 is 10.2 Å². The number of anilines is 1. The number of amides is 1. The minimum absolute atomic E-state index is 0.125. The molecule has 2 heterocycles. The monoisotopic (exact) mass is 391 g/mol. The fourth-order valence-electron chi connectivity index (χ4n) is 3.99. The lowest BCUT2D eigenvalue weighted by Gasteiger charge is -2.32. The van der Waals surface area contributed by atoms with Crippen molar-refractivity contribution in [3.05, 3.63) is 46.2 Å². The number of sulfone groups is 1. The Balaban J connectivity index is 1.51. The van der Waals surface area contributed by atoms with E-state index in [1.165, 1.54) is 34.2 Å². The average Bonchev–Trinajstić information content (AvgIpc) is 3.30. The van der Waals surface area contributed by atoms with Crippen molar-refractivity contribution in [1.29, 1.82) is 0 Å². The molecule has 0 radical (unpaired) electrons. The Morgan fingerprint density at radius 3 is 2.77 bits per heavy atom. The van der Waals surface area contributed by atoms with E-state index in [9.17, 15) is 13.2 Å². The molecule has 7 heteroatoms. The van der Waals surface area contributed by atoms with Gasteiger partial charge in [-0.15, -0.1) is 11.3 Å². The van der Waals surface area contributed by atoms with Crippen molar-refractivity contribution in [1.82, 2.24) is 0 Å². The van der Waals surface area contributed by atoms with Crippen LogP contribution in [0.2, 0.25) is 0 Å². The van der Waals surface area contributed by atoms with Crippen LogP contribution in [0.3, 0.4) is 0 Å². The maximum absolute atomic E-state index is 12.7. The predicted molar refractivity (Wildman–Crippen MR) is 102 cm³/mol. The van der Waals surface area contributed by atoms with Gasteiger partial charge in [0.05, 0.1) is 17.1 Å². The van der Waals surface area contributed by atoms with Crippen molar-refractivity contribution in [2.45, 2.75) is 30.2 Å². The number of carbonyl (C=O) groups excluding carboxylic acids is 1. The highest BCUT2D eigenvalue weighted by molar-refractivity contribution is 7.90. The van der Waals surface area contributed by atoms with Crippen LogP contribution in [-0.4, -0.2) is 33.7 Å². The summed E-state index contributed by atoms with van der Waals surface area (Å²) in [4.78, 5) is 15.6. The number of rotatable bonds is 5. The summed E-state index contributed by atoms with van der Waals surface area (Å²) in [5.74, 6) is 0.551. The first-order valence-electron chi connectivity index (χ1n) is 8.93. The van der Waals surface area contributed by atoms with Crippen LogP contribution in [0, 0.1) is 5.92 Å². The number of carbonyl (C=O) groups is 1. The maximum atomic E-state index is 12.7. The molecule has 4 rings (SSSR count). The van der Waals surface area contributed by atoms with Crippen molar-refractivity contribution in [3.8, 4) is 0 Å². The number of hydrogen-bond acceptors (Lipinski definition) is 4. The van der Waals surface area contributed by atoms with Crippen molar-refractivity contribution in [2.75, 3.05) is 24.7 Å². The molecule has 1 saturated carbocycles. The van der Waals surface area contributed by atoms with Crippen LogP contribution in [0.15, 0.2) is 40.6 Å². The van der Waals surface area contributed by atoms with E-state index in [0.717, 1.165) is 19.2 Å². The highest BCUT2D eigenvalue weighted by Crippen LogP contribution is 2.42. The lowest BCUT2D eigenvalue weighted by molar-refractivity contribution is -0.928. The normalized spacial score (nSPS) is 22.7. The first-order valence-corrected chi connectivity index (χ1v) is 11.7. The van der Waals surface area contributed by atoms with Gasteiger partial charge in [-0.3, -0.25) is 4.79 Å². The molecule has 1 aromatic heterocycles. The Morgan fingerprint density at radius 1 is 1.27 bits per heavy atom. The summed E-state index contributed by atoms with van der Waals surface area (Å²) in [6.07, 6.45) is 4.65. The van der Waals surface area contributed by atoms with Crippen molar-refractivity contribution >= 4 is 32.8 Å². The zero-order valence-electron chi connectivity index (χ0n) is 14.7. The molecule has 0 saturated heterocycles. The fourth-order valence-corrected chi connectivity index (χ4v) is 5.76. The maximum Gasteiger partial charge on any atom is 0.279 e. The standard InChI is InChI=1S/C19H22N2O3S2/c1-26(23,24)17-5-3-2-4-15(17)20-18(22)12-21-10-8-16-14(9-11-25-16)19(21)13-6-7-13/h2-5,9,11,13,19H,6-8,10,12H2,1H3,(H,20,22)/p+1/t19-/m0/s1. The van der Waals surface area contributed by atoms with Gasteiger partial charge in [-0.1, -0.05) is 12.1 Å². The van der Waals surface area contributed by atoms with E-state index in [1.807, 2.05) is 11.3 Å². The summed E-state index contributed by atoms with van der Waals surface area (Å²) >= 11 is 1.82. The number of thiophene rings is 1. The molecular weight excluding hydrogens is 368 g/mol. The third-order valence-corrected chi connectivity index (χ3v) is 7.42. The summed E-state index contributed by atoms with van der Waals surface area (Å²) in [6.45, 7) is 1.32. The van der Waals surface area contributed by atoms with Gasteiger partial charge < -0.3 is 10.2 Å². The van der Waals surface area contributed by atoms with Crippen LogP contribution in [0.5, 0.6) is 0 Å². The molecule has 26 heavy (non-hydrogen) atoms. The molecule has 2 N–H and O–H groups in total. The van der Waals surface area contributed by atoms with E-state index < -0.39 is 9.84 Å². The first-order chi connectivity index (χ1) is 12.4. The van der Waals surface area contributed by atoms with Gasteiger partial charge in [0, 0.05) is 29.0 Å². The number of benzene rings is 1. The zero-order valence-corrected chi connectivity index (χ0v) is 16.3. The smallest absolute Gasteiger partial charge is 0.279 e. The number of quaternary nitrogens is 1. The molecule has 2 atom stereocenters. The number of para-hydroxylation sites is 1. The van der Waals surface area contributed by atoms with E-state index >= 15 is 0 Å². The fraction of sp³-hybridized carbons (Fsp3) is 0.421. The van der Waals surface area contributed by atoms with Gasteiger partial charge >= 0.3 is 0 Å². The second-order valence-electron chi connectivity index (χ2n) is 7.27. The van der Waals surface area contributed by atoms with Crippen LogP contribution in [-0.2, 0) is 21.1 Å². The number of hydrogen-bond donors (Lipinski definition) is 2. The minimum Gasteiger partial charge on any atom is -0.320 e. The Labute approximate surface area is 157 Å². The molecule has 1 fully saturated rings. The molecular formula is C19H23N2O3S2+. The molecule has 0 bridgehead atoms. The van der Waals surface area contributed by atoms with Crippen molar-refractivity contribution in [2.24, 2.45) is 5.92 Å². The lowest BCUT2D eigenvalue weighted by atomic mass is 9.96. The molecule has 0 spiro atoms. The molecule has 1 unspecified atom stereocenters. The van der Waals surface area contributed by atoms with E-state index in [1.54, 1.807) is 18.2 Å². The van der Waals surface area contributed by atoms with Gasteiger partial charge in [-0.2, -0.15) is 0 Å². The topological polar surface area (TPSA) is 67.7 Å². The Bertz CT molecular complexity index is 932. The predicted octanol–water partition coefficient (Wildman–Crippen LogP) is 1.68. The summed E-state index contributed by atoms with van der Waals surface area (Å²) in [6, 6.07) is 9.21. The minimum atomic E-state index is -3.38. The second kappa shape index (κ2) is 6.79. The van der Waals surface area contributed by atoms with Crippen LogP contribution in [0.25, 0.3) is 0 Å². The van der Waals surface area contributed by atoms with E-state index in [2.05, 4.69) is 16.8 Å². The molecule has 2 aromatic rings. The molecule has 5 nitrogen and oxygen atoms in total. The number of nitrogens with one attached hydrogen (secondary N) is 2. The average molecular weight is 392 g/mol. The first kappa shape index (κ1) is 17.7. The van der Waals surface area contributed by atoms with Gasteiger partial charge in [-0.05, 0) is 36.4 Å². The van der Waals surface area contributed by atoms with Gasteiger partial charge in [0.25, 0.3) is 5.91 Å². The van der Waals surface area contributed by atoms with Crippen molar-refractivity contribution in [3.63, 3.8) is 0 Å². The molecule has 1 amide bonds. The van der Waals surface area contributed by atoms with Gasteiger partial charge in [0.2, 0.25) is 0 Å². The Morgan fingerprint density at radius 2 is 2.04 bits per heavy atom. The van der Waals surface area contributed by atoms with E-state index in [-0.39, 0.29) is 10.8 Å². The molecule has 1 aliphatic heterocycles. The SMILES string of the molecule is CS(=O)(=O)c1ccccc1NC(=O)C[NH+]1CCc2sccc2[C@@H]1C1CC1. The third-order valence-electron chi connectivity index (χ3n) is 5.27. The third kappa shape index (κ3) is 3.56. The largest absolute Gasteiger partial charge is 0.320 e. The van der Waals surface area contributed by atoms with E-state index in [0.29, 0.717) is 24.2 Å². The summed E-state index contributed by atoms with van der Waals surface area (Å²) in [7, 11) is -3.38. The van der Waals surface area contributed by atoms with Gasteiger partial charge in [-0.25, -0.2) is 8.42 Å². The highest BCUT2D eigenvalue weighted by Gasteiger charge is 2.43. The quantitative estimate of drug-likeness (QED) is 0.815.